The molecular weight excluding hydrogens is 482 g/mol. The number of hydrogen-bond donors (Lipinski definition) is 3. The van der Waals surface area contributed by atoms with Crippen molar-refractivity contribution >= 4 is 28.9 Å². The lowest BCUT2D eigenvalue weighted by Gasteiger charge is -2.42. The fourth-order valence-corrected chi connectivity index (χ4v) is 4.87. The highest BCUT2D eigenvalue weighted by Crippen LogP contribution is 2.31. The number of rotatable bonds is 13. The van der Waals surface area contributed by atoms with E-state index >= 15 is 0 Å². The highest BCUT2D eigenvalue weighted by Gasteiger charge is 2.47. The summed E-state index contributed by atoms with van der Waals surface area (Å²) in [6.45, 7) is 7.27. The minimum absolute atomic E-state index is 0.0767. The molecule has 0 aliphatic rings. The van der Waals surface area contributed by atoms with Crippen LogP contribution in [0, 0.1) is 5.92 Å². The van der Waals surface area contributed by atoms with Crippen molar-refractivity contribution in [2.45, 2.75) is 65.0 Å². The minimum Gasteiger partial charge on any atom is -0.479 e. The van der Waals surface area contributed by atoms with Crippen LogP contribution < -0.4 is 5.32 Å². The number of nitrogens with zero attached hydrogens (tertiary/aromatic N) is 1. The van der Waals surface area contributed by atoms with Crippen molar-refractivity contribution in [1.82, 2.24) is 15.2 Å². The Morgan fingerprint density at radius 1 is 1.05 bits per heavy atom. The third kappa shape index (κ3) is 6.73. The maximum absolute atomic E-state index is 13.6. The Hall–Kier alpha value is -3.81. The van der Waals surface area contributed by atoms with Gasteiger partial charge in [-0.25, -0.2) is 9.59 Å². The van der Waals surface area contributed by atoms with Crippen molar-refractivity contribution in [3.63, 3.8) is 0 Å². The molecule has 2 aromatic carbocycles. The van der Waals surface area contributed by atoms with E-state index in [0.29, 0.717) is 12.8 Å². The van der Waals surface area contributed by atoms with Gasteiger partial charge < -0.3 is 25.0 Å². The Morgan fingerprint density at radius 3 is 2.37 bits per heavy atom. The Morgan fingerprint density at radius 2 is 1.74 bits per heavy atom. The summed E-state index contributed by atoms with van der Waals surface area (Å²) in [5.74, 6) is -2.25. The van der Waals surface area contributed by atoms with Gasteiger partial charge in [0.2, 0.25) is 0 Å². The molecule has 0 saturated heterocycles. The zero-order valence-corrected chi connectivity index (χ0v) is 22.7. The second-order valence-corrected chi connectivity index (χ2v) is 9.91. The number of carbonyl (C=O) groups excluding carboxylic acids is 2. The molecule has 0 radical (unpaired) electrons. The molecule has 3 N–H and O–H groups in total. The number of carboxylic acids is 1. The van der Waals surface area contributed by atoms with Crippen molar-refractivity contribution in [3.8, 4) is 0 Å². The SMILES string of the molecule is CCOC(=O)C(CCc1ccccc1)CN(C(=O)NC(C)C)[C@@](CC)(Cc1c[nH]c2ccccc12)C(=O)O. The predicted octanol–water partition coefficient (Wildman–Crippen LogP) is 5.18. The number of H-pyrrole nitrogens is 1. The summed E-state index contributed by atoms with van der Waals surface area (Å²) >= 11 is 0. The number of aromatic amines is 1. The number of carbonyl (C=O) groups is 3. The molecule has 1 aromatic heterocycles. The first-order valence-electron chi connectivity index (χ1n) is 13.3. The molecule has 8 heteroatoms. The molecule has 0 aliphatic carbocycles. The molecule has 1 heterocycles. The van der Waals surface area contributed by atoms with Crippen LogP contribution in [0.15, 0.2) is 60.8 Å². The van der Waals surface area contributed by atoms with Crippen LogP contribution in [0.2, 0.25) is 0 Å². The van der Waals surface area contributed by atoms with Crippen LogP contribution >= 0.6 is 0 Å². The molecule has 1 unspecified atom stereocenters. The molecule has 0 bridgehead atoms. The molecule has 38 heavy (non-hydrogen) atoms. The first-order valence-corrected chi connectivity index (χ1v) is 13.3. The summed E-state index contributed by atoms with van der Waals surface area (Å²) in [5.41, 5.74) is 1.16. The van der Waals surface area contributed by atoms with Gasteiger partial charge in [0.15, 0.2) is 0 Å². The fourth-order valence-electron chi connectivity index (χ4n) is 4.87. The van der Waals surface area contributed by atoms with Crippen molar-refractivity contribution in [1.29, 1.82) is 0 Å². The van der Waals surface area contributed by atoms with E-state index < -0.39 is 29.4 Å². The van der Waals surface area contributed by atoms with E-state index in [4.69, 9.17) is 4.74 Å². The molecule has 0 fully saturated rings. The number of para-hydroxylation sites is 1. The largest absolute Gasteiger partial charge is 0.479 e. The number of hydrogen-bond acceptors (Lipinski definition) is 4. The van der Waals surface area contributed by atoms with E-state index in [-0.39, 0.29) is 32.0 Å². The average molecular weight is 522 g/mol. The Labute approximate surface area is 224 Å². The van der Waals surface area contributed by atoms with Crippen LogP contribution in [0.5, 0.6) is 0 Å². The van der Waals surface area contributed by atoms with Crippen molar-refractivity contribution in [3.05, 3.63) is 71.9 Å². The normalized spacial score (nSPS) is 13.6. The predicted molar refractivity (Wildman–Crippen MR) is 148 cm³/mol. The summed E-state index contributed by atoms with van der Waals surface area (Å²) in [6, 6.07) is 16.7. The Balaban J connectivity index is 2.02. The maximum Gasteiger partial charge on any atom is 0.330 e. The quantitative estimate of drug-likeness (QED) is 0.269. The number of ether oxygens (including phenoxy) is 1. The average Bonchev–Trinajstić information content (AvgIpc) is 3.30. The number of carboxylic acid groups (broad SMARTS) is 1. The maximum atomic E-state index is 13.6. The van der Waals surface area contributed by atoms with Gasteiger partial charge in [0.05, 0.1) is 12.5 Å². The van der Waals surface area contributed by atoms with Crippen LogP contribution in [0.25, 0.3) is 10.9 Å². The summed E-state index contributed by atoms with van der Waals surface area (Å²) in [4.78, 5) is 44.3. The topological polar surface area (TPSA) is 112 Å². The molecule has 2 amide bonds. The molecule has 8 nitrogen and oxygen atoms in total. The molecule has 2 atom stereocenters. The molecular formula is C30H39N3O5. The van der Waals surface area contributed by atoms with E-state index in [0.717, 1.165) is 22.0 Å². The molecule has 0 spiro atoms. The van der Waals surface area contributed by atoms with Gasteiger partial charge in [-0.3, -0.25) is 4.79 Å². The zero-order valence-electron chi connectivity index (χ0n) is 22.7. The van der Waals surface area contributed by atoms with Crippen molar-refractivity contribution < 1.29 is 24.2 Å². The summed E-state index contributed by atoms with van der Waals surface area (Å²) in [5, 5.41) is 14.4. The summed E-state index contributed by atoms with van der Waals surface area (Å²) in [7, 11) is 0. The first kappa shape index (κ1) is 28.8. The van der Waals surface area contributed by atoms with Gasteiger partial charge in [0.25, 0.3) is 0 Å². The molecule has 0 aliphatic heterocycles. The number of aryl methyl sites for hydroxylation is 1. The highest BCUT2D eigenvalue weighted by molar-refractivity contribution is 5.89. The van der Waals surface area contributed by atoms with Crippen LogP contribution in [-0.4, -0.2) is 57.7 Å². The van der Waals surface area contributed by atoms with Gasteiger partial charge in [-0.15, -0.1) is 0 Å². The van der Waals surface area contributed by atoms with Crippen LogP contribution in [0.1, 0.15) is 51.7 Å². The summed E-state index contributed by atoms with van der Waals surface area (Å²) < 4.78 is 5.37. The number of aliphatic carboxylic acids is 1. The number of benzene rings is 2. The second kappa shape index (κ2) is 13.1. The first-order chi connectivity index (χ1) is 18.2. The Kier molecular flexibility index (Phi) is 9.93. The van der Waals surface area contributed by atoms with Gasteiger partial charge in [0.1, 0.15) is 5.54 Å². The minimum atomic E-state index is -1.58. The molecule has 204 valence electrons. The zero-order chi connectivity index (χ0) is 27.7. The van der Waals surface area contributed by atoms with Crippen molar-refractivity contribution in [2.24, 2.45) is 5.92 Å². The Bertz CT molecular complexity index is 1220. The van der Waals surface area contributed by atoms with Gasteiger partial charge in [-0.05, 0) is 57.2 Å². The second-order valence-electron chi connectivity index (χ2n) is 9.91. The number of esters is 1. The van der Waals surface area contributed by atoms with Gasteiger partial charge >= 0.3 is 18.0 Å². The highest BCUT2D eigenvalue weighted by atomic mass is 16.5. The number of amides is 2. The molecule has 0 saturated carbocycles. The third-order valence-corrected chi connectivity index (χ3v) is 6.96. The smallest absolute Gasteiger partial charge is 0.330 e. The third-order valence-electron chi connectivity index (χ3n) is 6.96. The molecule has 3 aromatic rings. The van der Waals surface area contributed by atoms with Crippen LogP contribution in [0.4, 0.5) is 4.79 Å². The van der Waals surface area contributed by atoms with E-state index in [1.807, 2.05) is 68.4 Å². The standard InChI is InChI=1S/C30H39N3O5/c1-5-30(28(35)36,18-24-19-31-26-15-11-10-14-25(24)26)33(29(37)32-21(3)4)20-23(27(34)38-6-2)17-16-22-12-8-7-9-13-22/h7-15,19,21,23,31H,5-6,16-18,20H2,1-4H3,(H,32,37)(H,35,36)/t23?,30-/m0/s1. The molecule has 3 rings (SSSR count). The van der Waals surface area contributed by atoms with Gasteiger partial charge in [-0.1, -0.05) is 55.5 Å². The lowest BCUT2D eigenvalue weighted by molar-refractivity contribution is -0.155. The lowest BCUT2D eigenvalue weighted by atomic mass is 9.85. The summed E-state index contributed by atoms with van der Waals surface area (Å²) in [6.07, 6.45) is 3.05. The van der Waals surface area contributed by atoms with E-state index in [9.17, 15) is 19.5 Å². The van der Waals surface area contributed by atoms with Gasteiger partial charge in [0, 0.05) is 36.1 Å². The van der Waals surface area contributed by atoms with E-state index in [2.05, 4.69) is 10.3 Å². The van der Waals surface area contributed by atoms with Crippen LogP contribution in [0.3, 0.4) is 0 Å². The van der Waals surface area contributed by atoms with E-state index in [1.165, 1.54) is 4.90 Å². The van der Waals surface area contributed by atoms with Crippen LogP contribution in [-0.2, 0) is 27.2 Å². The fraction of sp³-hybridized carbons (Fsp3) is 0.433. The number of aromatic nitrogens is 1. The number of fused-ring (bicyclic) bond motifs is 1. The number of urea groups is 1. The van der Waals surface area contributed by atoms with E-state index in [1.54, 1.807) is 20.0 Å². The monoisotopic (exact) mass is 521 g/mol. The van der Waals surface area contributed by atoms with Gasteiger partial charge in [-0.2, -0.15) is 0 Å². The van der Waals surface area contributed by atoms with Crippen molar-refractivity contribution in [2.75, 3.05) is 13.2 Å². The lowest BCUT2D eigenvalue weighted by Crippen LogP contribution is -2.62. The number of nitrogens with one attached hydrogen (secondary N) is 2.